The van der Waals surface area contributed by atoms with Gasteiger partial charge in [0, 0.05) is 11.9 Å². The molecular weight excluding hydrogens is 392 g/mol. The predicted molar refractivity (Wildman–Crippen MR) is 117 cm³/mol. The van der Waals surface area contributed by atoms with Crippen molar-refractivity contribution >= 4 is 22.8 Å². The number of nitrogens with zero attached hydrogens (tertiary/aromatic N) is 2. The molecule has 1 N–H and O–H groups in total. The number of aromatic nitrogens is 1. The van der Waals surface area contributed by atoms with Gasteiger partial charge in [-0.2, -0.15) is 0 Å². The van der Waals surface area contributed by atoms with Gasteiger partial charge in [0.1, 0.15) is 0 Å². The zero-order valence-corrected chi connectivity index (χ0v) is 17.5. The molecule has 0 saturated heterocycles. The third-order valence-electron chi connectivity index (χ3n) is 5.82. The molecule has 1 aliphatic heterocycles. The maximum absolute atomic E-state index is 13.1. The van der Waals surface area contributed by atoms with E-state index >= 15 is 0 Å². The van der Waals surface area contributed by atoms with Gasteiger partial charge < -0.3 is 14.7 Å². The Morgan fingerprint density at radius 2 is 1.90 bits per heavy atom. The van der Waals surface area contributed by atoms with Crippen LogP contribution < -0.4 is 0 Å². The van der Waals surface area contributed by atoms with Crippen LogP contribution in [0.2, 0.25) is 0 Å². The van der Waals surface area contributed by atoms with Crippen molar-refractivity contribution in [3.05, 3.63) is 77.5 Å². The summed E-state index contributed by atoms with van der Waals surface area (Å²) in [4.78, 5) is 31.5. The minimum atomic E-state index is -0.909. The summed E-state index contributed by atoms with van der Waals surface area (Å²) < 4.78 is 5.68. The standard InChI is InChI=1S/C25H26N2O4/c1-2-20(25(29)30)24-23-19(14-18-10-6-7-11-21(18)26-23)15-27(24)22(28)12-13-31-16-17-8-4-3-5-9-17/h3-11,14,20,24H,2,12-13,15-16H2,1H3,(H,29,30). The molecule has 6 heteroatoms. The van der Waals surface area contributed by atoms with Crippen LogP contribution in [0, 0.1) is 5.92 Å². The highest BCUT2D eigenvalue weighted by molar-refractivity contribution is 5.83. The molecule has 6 nitrogen and oxygen atoms in total. The van der Waals surface area contributed by atoms with Crippen molar-refractivity contribution in [2.45, 2.75) is 39.0 Å². The van der Waals surface area contributed by atoms with Crippen molar-refractivity contribution in [1.29, 1.82) is 0 Å². The first kappa shape index (κ1) is 21.0. The molecule has 2 unspecified atom stereocenters. The Hall–Kier alpha value is -3.25. The molecule has 3 aromatic rings. The summed E-state index contributed by atoms with van der Waals surface area (Å²) in [7, 11) is 0. The highest BCUT2D eigenvalue weighted by Gasteiger charge is 2.42. The van der Waals surface area contributed by atoms with Gasteiger partial charge >= 0.3 is 5.97 Å². The van der Waals surface area contributed by atoms with Crippen LogP contribution in [0.3, 0.4) is 0 Å². The van der Waals surface area contributed by atoms with E-state index in [1.807, 2.05) is 67.6 Å². The van der Waals surface area contributed by atoms with Crippen LogP contribution >= 0.6 is 0 Å². The number of carbonyl (C=O) groups is 2. The Bertz CT molecular complexity index is 1080. The van der Waals surface area contributed by atoms with Crippen molar-refractivity contribution < 1.29 is 19.4 Å². The summed E-state index contributed by atoms with van der Waals surface area (Å²) in [6.07, 6.45) is 0.620. The summed E-state index contributed by atoms with van der Waals surface area (Å²) in [5, 5.41) is 10.8. The van der Waals surface area contributed by atoms with E-state index < -0.39 is 17.9 Å². The smallest absolute Gasteiger partial charge is 0.309 e. The lowest BCUT2D eigenvalue weighted by molar-refractivity contribution is -0.147. The highest BCUT2D eigenvalue weighted by Crippen LogP contribution is 2.40. The SMILES string of the molecule is CCC(C(=O)O)C1c2nc3ccccc3cc2CN1C(=O)CCOCc1ccccc1. The van der Waals surface area contributed by atoms with Gasteiger partial charge in [-0.3, -0.25) is 14.6 Å². The maximum Gasteiger partial charge on any atom is 0.309 e. The van der Waals surface area contributed by atoms with Crippen molar-refractivity contribution in [3.63, 3.8) is 0 Å². The molecule has 4 rings (SSSR count). The first-order valence-corrected chi connectivity index (χ1v) is 10.6. The van der Waals surface area contributed by atoms with E-state index in [2.05, 4.69) is 0 Å². The van der Waals surface area contributed by atoms with Gasteiger partial charge in [-0.25, -0.2) is 0 Å². The first-order chi connectivity index (χ1) is 15.1. The number of benzene rings is 2. The second kappa shape index (κ2) is 9.27. The first-order valence-electron chi connectivity index (χ1n) is 10.6. The molecule has 1 amide bonds. The van der Waals surface area contributed by atoms with E-state index in [9.17, 15) is 14.7 Å². The fourth-order valence-corrected chi connectivity index (χ4v) is 4.24. The van der Waals surface area contributed by atoms with Gasteiger partial charge in [0.2, 0.25) is 5.91 Å². The molecule has 31 heavy (non-hydrogen) atoms. The van der Waals surface area contributed by atoms with Crippen molar-refractivity contribution in [2.24, 2.45) is 5.92 Å². The van der Waals surface area contributed by atoms with Gasteiger partial charge in [0.05, 0.1) is 42.8 Å². The van der Waals surface area contributed by atoms with Gasteiger partial charge in [-0.1, -0.05) is 55.5 Å². The minimum Gasteiger partial charge on any atom is -0.481 e. The van der Waals surface area contributed by atoms with E-state index in [1.54, 1.807) is 4.90 Å². The summed E-state index contributed by atoms with van der Waals surface area (Å²) in [5.74, 6) is -1.72. The zero-order chi connectivity index (χ0) is 21.8. The third kappa shape index (κ3) is 4.44. The summed E-state index contributed by atoms with van der Waals surface area (Å²) >= 11 is 0. The number of ether oxygens (including phenoxy) is 1. The van der Waals surface area contributed by atoms with Crippen LogP contribution in [-0.2, 0) is 27.5 Å². The lowest BCUT2D eigenvalue weighted by Gasteiger charge is -2.29. The average Bonchev–Trinajstić information content (AvgIpc) is 3.14. The van der Waals surface area contributed by atoms with Crippen LogP contribution in [0.15, 0.2) is 60.7 Å². The Labute approximate surface area is 181 Å². The monoisotopic (exact) mass is 418 g/mol. The van der Waals surface area contributed by atoms with Crippen molar-refractivity contribution in [2.75, 3.05) is 6.61 Å². The zero-order valence-electron chi connectivity index (χ0n) is 17.5. The number of fused-ring (bicyclic) bond motifs is 2. The molecular formula is C25H26N2O4. The number of carboxylic acid groups (broad SMARTS) is 1. The molecule has 0 radical (unpaired) electrons. The fraction of sp³-hybridized carbons (Fsp3) is 0.320. The number of para-hydroxylation sites is 1. The minimum absolute atomic E-state index is 0.111. The van der Waals surface area contributed by atoms with E-state index in [4.69, 9.17) is 9.72 Å². The van der Waals surface area contributed by atoms with Crippen LogP contribution in [0.5, 0.6) is 0 Å². The summed E-state index contributed by atoms with van der Waals surface area (Å²) in [5.41, 5.74) is 3.48. The largest absolute Gasteiger partial charge is 0.481 e. The third-order valence-corrected chi connectivity index (χ3v) is 5.82. The van der Waals surface area contributed by atoms with E-state index in [-0.39, 0.29) is 18.9 Å². The Morgan fingerprint density at radius 1 is 1.16 bits per heavy atom. The normalized spacial score (nSPS) is 16.3. The van der Waals surface area contributed by atoms with Gasteiger partial charge in [-0.05, 0) is 29.7 Å². The summed E-state index contributed by atoms with van der Waals surface area (Å²) in [6.45, 7) is 2.94. The predicted octanol–water partition coefficient (Wildman–Crippen LogP) is 4.34. The molecule has 160 valence electrons. The van der Waals surface area contributed by atoms with E-state index in [0.717, 1.165) is 22.0 Å². The lowest BCUT2D eigenvalue weighted by Crippen LogP contribution is -2.37. The molecule has 0 spiro atoms. The quantitative estimate of drug-likeness (QED) is 0.551. The highest BCUT2D eigenvalue weighted by atomic mass is 16.5. The molecule has 2 aromatic carbocycles. The molecule has 0 fully saturated rings. The number of carboxylic acids is 1. The Morgan fingerprint density at radius 3 is 2.65 bits per heavy atom. The van der Waals surface area contributed by atoms with Crippen LogP contribution in [0.4, 0.5) is 0 Å². The molecule has 1 aliphatic rings. The lowest BCUT2D eigenvalue weighted by atomic mass is 9.93. The number of amides is 1. The molecule has 0 saturated carbocycles. The Kier molecular flexibility index (Phi) is 6.28. The second-order valence-electron chi connectivity index (χ2n) is 7.83. The maximum atomic E-state index is 13.1. The second-order valence-corrected chi connectivity index (χ2v) is 7.83. The number of carbonyl (C=O) groups excluding carboxylic acids is 1. The van der Waals surface area contributed by atoms with Gasteiger partial charge in [0.15, 0.2) is 0 Å². The topological polar surface area (TPSA) is 79.7 Å². The molecule has 1 aromatic heterocycles. The van der Waals surface area contributed by atoms with Crippen LogP contribution in [-0.4, -0.2) is 33.5 Å². The number of aliphatic carboxylic acids is 1. The Balaban J connectivity index is 1.52. The molecule has 0 aliphatic carbocycles. The number of pyridine rings is 1. The fourth-order valence-electron chi connectivity index (χ4n) is 4.24. The van der Waals surface area contributed by atoms with Gasteiger partial charge in [0.25, 0.3) is 0 Å². The molecule has 2 atom stereocenters. The van der Waals surface area contributed by atoms with Crippen LogP contribution in [0.25, 0.3) is 10.9 Å². The van der Waals surface area contributed by atoms with E-state index in [0.29, 0.717) is 25.3 Å². The average molecular weight is 418 g/mol. The van der Waals surface area contributed by atoms with Crippen LogP contribution in [0.1, 0.15) is 42.6 Å². The van der Waals surface area contributed by atoms with Crippen molar-refractivity contribution in [3.8, 4) is 0 Å². The summed E-state index contributed by atoms with van der Waals surface area (Å²) in [6, 6.07) is 19.0. The number of rotatable bonds is 8. The molecule has 0 bridgehead atoms. The van der Waals surface area contributed by atoms with Crippen molar-refractivity contribution in [1.82, 2.24) is 9.88 Å². The number of hydrogen-bond donors (Lipinski definition) is 1. The van der Waals surface area contributed by atoms with E-state index in [1.165, 1.54) is 0 Å². The van der Waals surface area contributed by atoms with Gasteiger partial charge in [-0.15, -0.1) is 0 Å². The number of hydrogen-bond acceptors (Lipinski definition) is 4. The molecule has 2 heterocycles.